The fraction of sp³-hybridized carbons (Fsp3) is 0.615. The molecule has 0 aliphatic heterocycles. The fourth-order valence-electron chi connectivity index (χ4n) is 2.57. The highest BCUT2D eigenvalue weighted by molar-refractivity contribution is 5.49. The van der Waals surface area contributed by atoms with Crippen molar-refractivity contribution >= 4 is 5.95 Å². The summed E-state index contributed by atoms with van der Waals surface area (Å²) in [7, 11) is 3.76. The van der Waals surface area contributed by atoms with Crippen molar-refractivity contribution in [2.75, 3.05) is 19.0 Å². The minimum atomic E-state index is 0.474. The van der Waals surface area contributed by atoms with Crippen LogP contribution in [0.3, 0.4) is 0 Å². The van der Waals surface area contributed by atoms with Crippen LogP contribution < -0.4 is 4.90 Å². The fourth-order valence-corrected chi connectivity index (χ4v) is 2.57. The molecule has 2 aromatic heterocycles. The maximum Gasteiger partial charge on any atom is 0.280 e. The van der Waals surface area contributed by atoms with E-state index in [1.165, 1.54) is 37.8 Å². The van der Waals surface area contributed by atoms with Crippen LogP contribution >= 0.6 is 0 Å². The van der Waals surface area contributed by atoms with E-state index >= 15 is 0 Å². The smallest absolute Gasteiger partial charge is 0.280 e. The Morgan fingerprint density at radius 3 is 2.74 bits per heavy atom. The Hall–Kier alpha value is -1.85. The lowest BCUT2D eigenvalue weighted by molar-refractivity contribution is 0.429. The maximum absolute atomic E-state index is 5.23. The van der Waals surface area contributed by atoms with Crippen LogP contribution in [0.25, 0.3) is 11.6 Å². The normalized spacial score (nSPS) is 16.7. The van der Waals surface area contributed by atoms with Gasteiger partial charge in [0.05, 0.1) is 0 Å². The van der Waals surface area contributed by atoms with Crippen molar-refractivity contribution in [3.05, 3.63) is 11.8 Å². The summed E-state index contributed by atoms with van der Waals surface area (Å²) in [6.45, 7) is 0. The lowest BCUT2D eigenvalue weighted by Crippen LogP contribution is -2.10. The third kappa shape index (κ3) is 2.47. The summed E-state index contributed by atoms with van der Waals surface area (Å²) < 4.78 is 5.23. The first-order valence-corrected chi connectivity index (χ1v) is 6.81. The molecular weight excluding hydrogens is 242 g/mol. The number of nitrogens with zero attached hydrogens (tertiary/aromatic N) is 4. The highest BCUT2D eigenvalue weighted by Crippen LogP contribution is 2.32. The molecule has 0 amide bonds. The van der Waals surface area contributed by atoms with E-state index < -0.39 is 0 Å². The molecule has 0 spiro atoms. The van der Waals surface area contributed by atoms with Gasteiger partial charge in [0.2, 0.25) is 0 Å². The number of hydrogen-bond donors (Lipinski definition) is 1. The Bertz CT molecular complexity index is 539. The lowest BCUT2D eigenvalue weighted by atomic mass is 9.87. The van der Waals surface area contributed by atoms with Gasteiger partial charge in [0.25, 0.3) is 11.8 Å². The number of rotatable bonds is 3. The summed E-state index contributed by atoms with van der Waals surface area (Å²) in [5, 5.41) is 11.3. The molecule has 6 heteroatoms. The van der Waals surface area contributed by atoms with E-state index in [-0.39, 0.29) is 0 Å². The molecule has 1 aliphatic rings. The van der Waals surface area contributed by atoms with Crippen molar-refractivity contribution in [2.24, 2.45) is 0 Å². The Kier molecular flexibility index (Phi) is 3.23. The number of H-pyrrole nitrogens is 1. The van der Waals surface area contributed by atoms with Crippen LogP contribution in [0.15, 0.2) is 10.6 Å². The number of anilines is 1. The Balaban J connectivity index is 1.79. The molecule has 2 heterocycles. The standard InChI is InChI=1S/C13H19N5O/c1-18(2)13-14-12(19-17-13)11-8-10(15-16-11)9-6-4-3-5-7-9/h8-9H,3-7H2,1-2H3,(H,15,16). The van der Waals surface area contributed by atoms with E-state index in [9.17, 15) is 0 Å². The summed E-state index contributed by atoms with van der Waals surface area (Å²) in [4.78, 5) is 6.11. The first-order valence-electron chi connectivity index (χ1n) is 6.81. The van der Waals surface area contributed by atoms with E-state index in [2.05, 4.69) is 20.3 Å². The molecule has 6 nitrogen and oxygen atoms in total. The quantitative estimate of drug-likeness (QED) is 0.919. The average molecular weight is 261 g/mol. The monoisotopic (exact) mass is 261 g/mol. The number of aromatic nitrogens is 4. The second-order valence-electron chi connectivity index (χ2n) is 5.34. The van der Waals surface area contributed by atoms with Crippen LogP contribution in [-0.2, 0) is 0 Å². The number of hydrogen-bond acceptors (Lipinski definition) is 5. The van der Waals surface area contributed by atoms with Crippen molar-refractivity contribution in [3.63, 3.8) is 0 Å². The van der Waals surface area contributed by atoms with Crippen molar-refractivity contribution in [1.29, 1.82) is 0 Å². The van der Waals surface area contributed by atoms with Crippen molar-refractivity contribution < 1.29 is 4.52 Å². The minimum absolute atomic E-state index is 0.474. The molecule has 0 atom stereocenters. The van der Waals surface area contributed by atoms with Gasteiger partial charge in [0.1, 0.15) is 0 Å². The summed E-state index contributed by atoms with van der Waals surface area (Å²) in [5.41, 5.74) is 1.93. The topological polar surface area (TPSA) is 70.8 Å². The van der Waals surface area contributed by atoms with Crippen molar-refractivity contribution in [3.8, 4) is 11.6 Å². The molecule has 102 valence electrons. The second kappa shape index (κ2) is 5.03. The molecule has 1 N–H and O–H groups in total. The Labute approximate surface area is 112 Å². The SMILES string of the molecule is CN(C)c1noc(-c2cc(C3CCCCC3)[nH]n2)n1. The van der Waals surface area contributed by atoms with E-state index in [0.717, 1.165) is 5.69 Å². The molecule has 2 aromatic rings. The molecule has 3 rings (SSSR count). The predicted molar refractivity (Wildman–Crippen MR) is 72.0 cm³/mol. The molecule has 0 unspecified atom stereocenters. The number of aromatic amines is 1. The van der Waals surface area contributed by atoms with E-state index in [1.807, 2.05) is 25.1 Å². The van der Waals surface area contributed by atoms with Crippen LogP contribution in [0.5, 0.6) is 0 Å². The largest absolute Gasteiger partial charge is 0.344 e. The second-order valence-corrected chi connectivity index (χ2v) is 5.34. The van der Waals surface area contributed by atoms with Gasteiger partial charge in [-0.1, -0.05) is 19.3 Å². The predicted octanol–water partition coefficient (Wildman–Crippen LogP) is 2.57. The highest BCUT2D eigenvalue weighted by atomic mass is 16.5. The van der Waals surface area contributed by atoms with Crippen molar-refractivity contribution in [2.45, 2.75) is 38.0 Å². The average Bonchev–Trinajstić information content (AvgIpc) is 3.09. The van der Waals surface area contributed by atoms with Gasteiger partial charge < -0.3 is 9.42 Å². The Morgan fingerprint density at radius 1 is 1.26 bits per heavy atom. The van der Waals surface area contributed by atoms with Crippen LogP contribution in [0, 0.1) is 0 Å². The molecule has 19 heavy (non-hydrogen) atoms. The van der Waals surface area contributed by atoms with Crippen LogP contribution in [0.2, 0.25) is 0 Å². The minimum Gasteiger partial charge on any atom is -0.344 e. The van der Waals surface area contributed by atoms with Gasteiger partial charge in [-0.3, -0.25) is 5.10 Å². The molecular formula is C13H19N5O. The summed E-state index contributed by atoms with van der Waals surface area (Å²) in [6, 6.07) is 2.04. The summed E-state index contributed by atoms with van der Waals surface area (Å²) in [6.07, 6.45) is 6.46. The third-order valence-electron chi connectivity index (χ3n) is 3.68. The maximum atomic E-state index is 5.23. The van der Waals surface area contributed by atoms with Gasteiger partial charge >= 0.3 is 0 Å². The van der Waals surface area contributed by atoms with Gasteiger partial charge in [0, 0.05) is 25.7 Å². The van der Waals surface area contributed by atoms with E-state index in [1.54, 1.807) is 0 Å². The van der Waals surface area contributed by atoms with Gasteiger partial charge in [-0.25, -0.2) is 0 Å². The molecule has 1 saturated carbocycles. The van der Waals surface area contributed by atoms with Crippen molar-refractivity contribution in [1.82, 2.24) is 20.3 Å². The number of nitrogens with one attached hydrogen (secondary N) is 1. The van der Waals surface area contributed by atoms with Gasteiger partial charge in [0.15, 0.2) is 5.69 Å². The lowest BCUT2D eigenvalue weighted by Gasteiger charge is -2.19. The van der Waals surface area contributed by atoms with Gasteiger partial charge in [-0.2, -0.15) is 10.1 Å². The van der Waals surface area contributed by atoms with Crippen LogP contribution in [-0.4, -0.2) is 34.4 Å². The molecule has 1 aliphatic carbocycles. The first-order chi connectivity index (χ1) is 9.24. The third-order valence-corrected chi connectivity index (χ3v) is 3.68. The molecule has 0 radical (unpaired) electrons. The zero-order valence-electron chi connectivity index (χ0n) is 11.4. The van der Waals surface area contributed by atoms with E-state index in [0.29, 0.717) is 17.8 Å². The van der Waals surface area contributed by atoms with E-state index in [4.69, 9.17) is 4.52 Å². The molecule has 0 aromatic carbocycles. The van der Waals surface area contributed by atoms with Crippen LogP contribution in [0.1, 0.15) is 43.7 Å². The summed E-state index contributed by atoms with van der Waals surface area (Å²) in [5.74, 6) is 1.64. The molecule has 1 fully saturated rings. The van der Waals surface area contributed by atoms with Gasteiger partial charge in [-0.05, 0) is 24.1 Å². The highest BCUT2D eigenvalue weighted by Gasteiger charge is 2.20. The summed E-state index contributed by atoms with van der Waals surface area (Å²) >= 11 is 0. The molecule has 0 bridgehead atoms. The zero-order valence-corrected chi connectivity index (χ0v) is 11.4. The first kappa shape index (κ1) is 12.2. The van der Waals surface area contributed by atoms with Gasteiger partial charge in [-0.15, -0.1) is 0 Å². The Morgan fingerprint density at radius 2 is 2.05 bits per heavy atom. The zero-order chi connectivity index (χ0) is 13.2. The molecule has 0 saturated heterocycles. The van der Waals surface area contributed by atoms with Crippen LogP contribution in [0.4, 0.5) is 5.95 Å².